The maximum Gasteiger partial charge on any atom is 0.242 e. The van der Waals surface area contributed by atoms with Gasteiger partial charge in [-0.15, -0.1) is 0 Å². The summed E-state index contributed by atoms with van der Waals surface area (Å²) < 4.78 is 0. The molecule has 1 fully saturated rings. The van der Waals surface area contributed by atoms with E-state index in [0.717, 1.165) is 6.42 Å². The molecular weight excluding hydrogens is 252 g/mol. The summed E-state index contributed by atoms with van der Waals surface area (Å²) in [5.41, 5.74) is -0.266. The van der Waals surface area contributed by atoms with Gasteiger partial charge in [-0.3, -0.25) is 9.59 Å². The molecule has 1 unspecified atom stereocenters. The minimum Gasteiger partial charge on any atom is -0.350 e. The van der Waals surface area contributed by atoms with Crippen LogP contribution in [0.5, 0.6) is 0 Å². The Labute approximate surface area is 123 Å². The normalized spacial score (nSPS) is 18.4. The third-order valence-corrected chi connectivity index (χ3v) is 3.77. The van der Waals surface area contributed by atoms with Gasteiger partial charge in [0.1, 0.15) is 6.04 Å². The van der Waals surface area contributed by atoms with E-state index in [0.29, 0.717) is 12.3 Å². The summed E-state index contributed by atoms with van der Waals surface area (Å²) in [6.45, 7) is 7.53. The smallest absolute Gasteiger partial charge is 0.242 e. The molecule has 1 saturated carbocycles. The molecule has 0 bridgehead atoms. The number of hydrogen-bond donors (Lipinski definition) is 2. The Kier molecular flexibility index (Phi) is 6.50. The molecule has 0 spiro atoms. The topological polar surface area (TPSA) is 58.2 Å². The van der Waals surface area contributed by atoms with Crippen LogP contribution in [0.15, 0.2) is 0 Å². The van der Waals surface area contributed by atoms with E-state index in [1.807, 2.05) is 20.8 Å². The van der Waals surface area contributed by atoms with Crippen LogP contribution in [0.1, 0.15) is 72.6 Å². The number of nitrogens with one attached hydrogen (secondary N) is 2. The number of carbonyl (C=O) groups is 2. The standard InChI is InChI=1S/C16H30N2O2/c1-12(15(20)18-16(2,3)4)17-14(19)11-10-13-8-6-5-7-9-13/h12-13H,5-11H2,1-4H3,(H,17,19)(H,18,20). The SMILES string of the molecule is CC(NC(=O)CCC1CCCCC1)C(=O)NC(C)(C)C. The number of carbonyl (C=O) groups excluding carboxylic acids is 2. The van der Waals surface area contributed by atoms with Gasteiger partial charge in [-0.1, -0.05) is 32.1 Å². The lowest BCUT2D eigenvalue weighted by molar-refractivity contribution is -0.129. The van der Waals surface area contributed by atoms with Crippen LogP contribution in [0, 0.1) is 5.92 Å². The van der Waals surface area contributed by atoms with Crippen molar-refractivity contribution in [2.45, 2.75) is 84.2 Å². The van der Waals surface area contributed by atoms with Crippen molar-refractivity contribution in [2.24, 2.45) is 5.92 Å². The van der Waals surface area contributed by atoms with Crippen LogP contribution in [-0.4, -0.2) is 23.4 Å². The van der Waals surface area contributed by atoms with Gasteiger partial charge in [-0.2, -0.15) is 0 Å². The van der Waals surface area contributed by atoms with Gasteiger partial charge in [0.2, 0.25) is 11.8 Å². The predicted molar refractivity (Wildman–Crippen MR) is 81.3 cm³/mol. The number of rotatable bonds is 5. The summed E-state index contributed by atoms with van der Waals surface area (Å²) in [7, 11) is 0. The molecule has 0 aromatic heterocycles. The molecule has 0 radical (unpaired) electrons. The second-order valence-corrected chi connectivity index (χ2v) is 7.07. The van der Waals surface area contributed by atoms with Crippen LogP contribution >= 0.6 is 0 Å². The zero-order chi connectivity index (χ0) is 15.2. The number of hydrogen-bond acceptors (Lipinski definition) is 2. The van der Waals surface area contributed by atoms with Crippen molar-refractivity contribution >= 4 is 11.8 Å². The summed E-state index contributed by atoms with van der Waals surface area (Å²) in [5, 5.41) is 5.67. The Bertz CT molecular complexity index is 328. The largest absolute Gasteiger partial charge is 0.350 e. The first-order valence-electron chi connectivity index (χ1n) is 7.89. The molecule has 116 valence electrons. The molecule has 20 heavy (non-hydrogen) atoms. The lowest BCUT2D eigenvalue weighted by Gasteiger charge is -2.24. The third-order valence-electron chi connectivity index (χ3n) is 3.77. The lowest BCUT2D eigenvalue weighted by atomic mass is 9.86. The molecule has 1 aliphatic carbocycles. The van der Waals surface area contributed by atoms with Crippen molar-refractivity contribution in [3.8, 4) is 0 Å². The Morgan fingerprint density at radius 1 is 1.15 bits per heavy atom. The van der Waals surface area contributed by atoms with Gasteiger partial charge in [-0.05, 0) is 40.0 Å². The molecule has 0 heterocycles. The quantitative estimate of drug-likeness (QED) is 0.814. The fourth-order valence-electron chi connectivity index (χ4n) is 2.67. The highest BCUT2D eigenvalue weighted by molar-refractivity contribution is 5.87. The summed E-state index contributed by atoms with van der Waals surface area (Å²) in [4.78, 5) is 23.7. The highest BCUT2D eigenvalue weighted by atomic mass is 16.2. The molecule has 0 aliphatic heterocycles. The van der Waals surface area contributed by atoms with Crippen molar-refractivity contribution < 1.29 is 9.59 Å². The third kappa shape index (κ3) is 6.92. The first kappa shape index (κ1) is 17.0. The van der Waals surface area contributed by atoms with Crippen LogP contribution < -0.4 is 10.6 Å². The van der Waals surface area contributed by atoms with E-state index < -0.39 is 6.04 Å². The Hall–Kier alpha value is -1.06. The maximum absolute atomic E-state index is 11.9. The molecule has 4 nitrogen and oxygen atoms in total. The average molecular weight is 282 g/mol. The second kappa shape index (κ2) is 7.65. The summed E-state index contributed by atoms with van der Waals surface area (Å²) in [5.74, 6) is 0.573. The van der Waals surface area contributed by atoms with Crippen molar-refractivity contribution in [1.29, 1.82) is 0 Å². The zero-order valence-corrected chi connectivity index (χ0v) is 13.4. The van der Waals surface area contributed by atoms with Crippen molar-refractivity contribution in [1.82, 2.24) is 10.6 Å². The van der Waals surface area contributed by atoms with Gasteiger partial charge in [0.15, 0.2) is 0 Å². The lowest BCUT2D eigenvalue weighted by Crippen LogP contribution is -2.50. The Morgan fingerprint density at radius 2 is 1.75 bits per heavy atom. The molecule has 1 atom stereocenters. The molecule has 4 heteroatoms. The molecule has 0 aromatic rings. The van der Waals surface area contributed by atoms with Gasteiger partial charge >= 0.3 is 0 Å². The van der Waals surface area contributed by atoms with E-state index in [2.05, 4.69) is 10.6 Å². The molecular formula is C16H30N2O2. The van der Waals surface area contributed by atoms with Crippen molar-refractivity contribution in [2.75, 3.05) is 0 Å². The van der Waals surface area contributed by atoms with Gasteiger partial charge in [0, 0.05) is 12.0 Å². The van der Waals surface area contributed by atoms with Crippen molar-refractivity contribution in [3.63, 3.8) is 0 Å². The van der Waals surface area contributed by atoms with Crippen LogP contribution in [0.2, 0.25) is 0 Å². The minimum absolute atomic E-state index is 0.00728. The van der Waals surface area contributed by atoms with Gasteiger partial charge < -0.3 is 10.6 Å². The fraction of sp³-hybridized carbons (Fsp3) is 0.875. The Morgan fingerprint density at radius 3 is 2.30 bits per heavy atom. The first-order chi connectivity index (χ1) is 9.28. The maximum atomic E-state index is 11.9. The summed E-state index contributed by atoms with van der Waals surface area (Å²) in [6.07, 6.45) is 7.96. The highest BCUT2D eigenvalue weighted by Gasteiger charge is 2.21. The van der Waals surface area contributed by atoms with Crippen molar-refractivity contribution in [3.05, 3.63) is 0 Å². The first-order valence-corrected chi connectivity index (χ1v) is 7.89. The van der Waals surface area contributed by atoms with E-state index in [4.69, 9.17) is 0 Å². The van der Waals surface area contributed by atoms with E-state index in [1.54, 1.807) is 6.92 Å². The van der Waals surface area contributed by atoms with Gasteiger partial charge in [-0.25, -0.2) is 0 Å². The van der Waals surface area contributed by atoms with E-state index >= 15 is 0 Å². The highest BCUT2D eigenvalue weighted by Crippen LogP contribution is 2.27. The van der Waals surface area contributed by atoms with E-state index in [-0.39, 0.29) is 17.4 Å². The average Bonchev–Trinajstić information content (AvgIpc) is 2.35. The van der Waals surface area contributed by atoms with Crippen LogP contribution in [0.3, 0.4) is 0 Å². The van der Waals surface area contributed by atoms with Gasteiger partial charge in [0.25, 0.3) is 0 Å². The van der Waals surface area contributed by atoms with E-state index in [9.17, 15) is 9.59 Å². The fourth-order valence-corrected chi connectivity index (χ4v) is 2.67. The summed E-state index contributed by atoms with van der Waals surface area (Å²) >= 11 is 0. The molecule has 1 aliphatic rings. The van der Waals surface area contributed by atoms with Crippen LogP contribution in [-0.2, 0) is 9.59 Å². The number of amides is 2. The monoisotopic (exact) mass is 282 g/mol. The molecule has 0 saturated heterocycles. The predicted octanol–water partition coefficient (Wildman–Crippen LogP) is 2.77. The molecule has 2 amide bonds. The molecule has 0 aromatic carbocycles. The van der Waals surface area contributed by atoms with E-state index in [1.165, 1.54) is 32.1 Å². The van der Waals surface area contributed by atoms with Crippen LogP contribution in [0.25, 0.3) is 0 Å². The minimum atomic E-state index is -0.465. The molecule has 2 N–H and O–H groups in total. The Balaban J connectivity index is 2.25. The summed E-state index contributed by atoms with van der Waals surface area (Å²) in [6, 6.07) is -0.465. The molecule has 1 rings (SSSR count). The van der Waals surface area contributed by atoms with Gasteiger partial charge in [0.05, 0.1) is 0 Å². The van der Waals surface area contributed by atoms with Crippen LogP contribution in [0.4, 0.5) is 0 Å². The zero-order valence-electron chi connectivity index (χ0n) is 13.4. The second-order valence-electron chi connectivity index (χ2n) is 7.07.